The van der Waals surface area contributed by atoms with Gasteiger partial charge in [0.1, 0.15) is 12.1 Å². The van der Waals surface area contributed by atoms with Crippen LogP contribution in [0.5, 0.6) is 0 Å². The quantitative estimate of drug-likeness (QED) is 0.861. The molecule has 5 nitrogen and oxygen atoms in total. The molecular formula is C13H15FN4OS. The van der Waals surface area contributed by atoms with Crippen molar-refractivity contribution in [3.05, 3.63) is 36.4 Å². The lowest BCUT2D eigenvalue weighted by atomic mass is 10.3. The van der Waals surface area contributed by atoms with E-state index < -0.39 is 0 Å². The molecule has 0 spiro atoms. The second kappa shape index (κ2) is 6.51. The molecule has 0 saturated heterocycles. The van der Waals surface area contributed by atoms with Crippen LogP contribution in [0.3, 0.4) is 0 Å². The first-order chi connectivity index (χ1) is 9.60. The van der Waals surface area contributed by atoms with Crippen molar-refractivity contribution in [2.75, 3.05) is 5.32 Å². The molecule has 1 heterocycles. The van der Waals surface area contributed by atoms with Gasteiger partial charge < -0.3 is 9.88 Å². The van der Waals surface area contributed by atoms with Gasteiger partial charge in [-0.25, -0.2) is 4.39 Å². The summed E-state index contributed by atoms with van der Waals surface area (Å²) < 4.78 is 14.7. The van der Waals surface area contributed by atoms with Gasteiger partial charge in [0.05, 0.1) is 5.25 Å². The minimum atomic E-state index is -0.332. The van der Waals surface area contributed by atoms with Crippen LogP contribution < -0.4 is 5.32 Å². The number of amides is 1. The van der Waals surface area contributed by atoms with Gasteiger partial charge in [0.2, 0.25) is 5.91 Å². The molecule has 0 fully saturated rings. The number of carbonyl (C=O) groups excluding carboxylic acids is 1. The van der Waals surface area contributed by atoms with E-state index in [4.69, 9.17) is 0 Å². The summed E-state index contributed by atoms with van der Waals surface area (Å²) >= 11 is 1.34. The molecule has 0 saturated carbocycles. The van der Waals surface area contributed by atoms with Crippen LogP contribution in [0.15, 0.2) is 35.7 Å². The van der Waals surface area contributed by atoms with E-state index in [9.17, 15) is 9.18 Å². The van der Waals surface area contributed by atoms with Gasteiger partial charge in [0.15, 0.2) is 5.16 Å². The average Bonchev–Trinajstić information content (AvgIpc) is 2.88. The predicted octanol–water partition coefficient (Wildman–Crippen LogP) is 2.56. The fourth-order valence-electron chi connectivity index (χ4n) is 1.54. The van der Waals surface area contributed by atoms with Gasteiger partial charge in [-0.2, -0.15) is 0 Å². The van der Waals surface area contributed by atoms with E-state index in [-0.39, 0.29) is 17.0 Å². The first-order valence-corrected chi connectivity index (χ1v) is 7.09. The Balaban J connectivity index is 1.97. The Labute approximate surface area is 120 Å². The summed E-state index contributed by atoms with van der Waals surface area (Å²) in [5.74, 6) is -0.492. The summed E-state index contributed by atoms with van der Waals surface area (Å²) in [5.41, 5.74) is 0.570. The molecule has 0 radical (unpaired) electrons. The van der Waals surface area contributed by atoms with E-state index in [1.807, 2.05) is 11.5 Å². The van der Waals surface area contributed by atoms with Crippen molar-refractivity contribution in [2.24, 2.45) is 0 Å². The van der Waals surface area contributed by atoms with Crippen molar-refractivity contribution in [1.29, 1.82) is 0 Å². The number of aromatic nitrogens is 3. The second-order valence-corrected chi connectivity index (χ2v) is 5.46. The topological polar surface area (TPSA) is 59.8 Å². The van der Waals surface area contributed by atoms with Gasteiger partial charge in [-0.15, -0.1) is 10.2 Å². The number of rotatable bonds is 5. The lowest BCUT2D eigenvalue weighted by Gasteiger charge is -2.11. The van der Waals surface area contributed by atoms with Crippen molar-refractivity contribution in [1.82, 2.24) is 14.8 Å². The number of anilines is 1. The van der Waals surface area contributed by atoms with Crippen LogP contribution in [0.2, 0.25) is 0 Å². The van der Waals surface area contributed by atoms with E-state index in [1.165, 1.54) is 36.0 Å². The average molecular weight is 294 g/mol. The minimum absolute atomic E-state index is 0.160. The molecule has 1 aromatic heterocycles. The van der Waals surface area contributed by atoms with E-state index in [0.29, 0.717) is 10.8 Å². The molecule has 2 rings (SSSR count). The smallest absolute Gasteiger partial charge is 0.237 e. The molecule has 0 bridgehead atoms. The highest BCUT2D eigenvalue weighted by atomic mass is 32.2. The van der Waals surface area contributed by atoms with E-state index in [1.54, 1.807) is 13.3 Å². The number of hydrogen-bond donors (Lipinski definition) is 1. The molecule has 1 N–H and O–H groups in total. The molecule has 7 heteroatoms. The van der Waals surface area contributed by atoms with Crippen LogP contribution in [-0.4, -0.2) is 25.9 Å². The van der Waals surface area contributed by atoms with Gasteiger partial charge in [0, 0.05) is 12.2 Å². The Kier molecular flexibility index (Phi) is 4.73. The Bertz CT molecular complexity index is 584. The maximum atomic E-state index is 12.8. The molecule has 106 valence electrons. The number of halogens is 1. The predicted molar refractivity (Wildman–Crippen MR) is 76.0 cm³/mol. The SMILES string of the molecule is CCn1cnnc1S[C@@H](C)C(=O)Nc1ccc(F)cc1. The summed E-state index contributed by atoms with van der Waals surface area (Å²) in [6, 6.07) is 5.67. The highest BCUT2D eigenvalue weighted by molar-refractivity contribution is 8.00. The van der Waals surface area contributed by atoms with Crippen LogP contribution in [0.4, 0.5) is 10.1 Å². The molecule has 0 unspecified atom stereocenters. The molecule has 1 atom stereocenters. The number of nitrogens with zero attached hydrogens (tertiary/aromatic N) is 3. The maximum Gasteiger partial charge on any atom is 0.237 e. The summed E-state index contributed by atoms with van der Waals surface area (Å²) in [7, 11) is 0. The van der Waals surface area contributed by atoms with Crippen LogP contribution in [0.1, 0.15) is 13.8 Å². The molecule has 1 aromatic carbocycles. The Morgan fingerprint density at radius 2 is 2.15 bits per heavy atom. The molecule has 0 aliphatic carbocycles. The first kappa shape index (κ1) is 14.5. The van der Waals surface area contributed by atoms with Gasteiger partial charge in [0.25, 0.3) is 0 Å². The Hall–Kier alpha value is -1.89. The zero-order valence-electron chi connectivity index (χ0n) is 11.2. The number of hydrogen-bond acceptors (Lipinski definition) is 4. The van der Waals surface area contributed by atoms with Crippen LogP contribution in [-0.2, 0) is 11.3 Å². The fourth-order valence-corrected chi connectivity index (χ4v) is 2.43. The van der Waals surface area contributed by atoms with Gasteiger partial charge >= 0.3 is 0 Å². The number of thioether (sulfide) groups is 1. The Morgan fingerprint density at radius 1 is 1.45 bits per heavy atom. The summed E-state index contributed by atoms with van der Waals surface area (Å²) in [6.07, 6.45) is 1.63. The fraction of sp³-hybridized carbons (Fsp3) is 0.308. The summed E-state index contributed by atoms with van der Waals surface area (Å²) in [6.45, 7) is 4.52. The van der Waals surface area contributed by atoms with E-state index >= 15 is 0 Å². The number of benzene rings is 1. The van der Waals surface area contributed by atoms with Crippen molar-refractivity contribution in [2.45, 2.75) is 30.8 Å². The van der Waals surface area contributed by atoms with Gasteiger partial charge in [-0.3, -0.25) is 4.79 Å². The monoisotopic (exact) mass is 294 g/mol. The standard InChI is InChI=1S/C13H15FN4OS/c1-3-18-8-15-17-13(18)20-9(2)12(19)16-11-6-4-10(14)5-7-11/h4-9H,3H2,1-2H3,(H,16,19)/t9-/m0/s1. The Morgan fingerprint density at radius 3 is 2.80 bits per heavy atom. The van der Waals surface area contributed by atoms with Crippen LogP contribution in [0, 0.1) is 5.82 Å². The van der Waals surface area contributed by atoms with Crippen molar-refractivity contribution in [3.8, 4) is 0 Å². The maximum absolute atomic E-state index is 12.8. The highest BCUT2D eigenvalue weighted by Gasteiger charge is 2.17. The van der Waals surface area contributed by atoms with E-state index in [2.05, 4.69) is 15.5 Å². The van der Waals surface area contributed by atoms with Crippen molar-refractivity contribution >= 4 is 23.4 Å². The zero-order valence-corrected chi connectivity index (χ0v) is 12.0. The molecule has 0 aliphatic rings. The molecule has 2 aromatic rings. The second-order valence-electron chi connectivity index (χ2n) is 4.16. The van der Waals surface area contributed by atoms with Crippen molar-refractivity contribution in [3.63, 3.8) is 0 Å². The minimum Gasteiger partial charge on any atom is -0.325 e. The van der Waals surface area contributed by atoms with Crippen LogP contribution in [0.25, 0.3) is 0 Å². The van der Waals surface area contributed by atoms with Crippen molar-refractivity contribution < 1.29 is 9.18 Å². The lowest BCUT2D eigenvalue weighted by Crippen LogP contribution is -2.22. The summed E-state index contributed by atoms with van der Waals surface area (Å²) in [4.78, 5) is 12.0. The third-order valence-corrected chi connectivity index (χ3v) is 3.78. The molecule has 20 heavy (non-hydrogen) atoms. The first-order valence-electron chi connectivity index (χ1n) is 6.21. The number of carbonyl (C=O) groups is 1. The largest absolute Gasteiger partial charge is 0.325 e. The van der Waals surface area contributed by atoms with E-state index in [0.717, 1.165) is 6.54 Å². The van der Waals surface area contributed by atoms with Gasteiger partial charge in [-0.05, 0) is 38.1 Å². The molecule has 1 amide bonds. The molecule has 0 aliphatic heterocycles. The highest BCUT2D eigenvalue weighted by Crippen LogP contribution is 2.22. The zero-order chi connectivity index (χ0) is 14.5. The van der Waals surface area contributed by atoms with Gasteiger partial charge in [-0.1, -0.05) is 11.8 Å². The van der Waals surface area contributed by atoms with Crippen LogP contribution >= 0.6 is 11.8 Å². The number of aryl methyl sites for hydroxylation is 1. The normalized spacial score (nSPS) is 12.2. The third-order valence-electron chi connectivity index (χ3n) is 2.68. The third kappa shape index (κ3) is 3.57. The molecular weight excluding hydrogens is 279 g/mol. The lowest BCUT2D eigenvalue weighted by molar-refractivity contribution is -0.115. The number of nitrogens with one attached hydrogen (secondary N) is 1. The summed E-state index contributed by atoms with van der Waals surface area (Å²) in [5, 5.41) is 10.9.